The van der Waals surface area contributed by atoms with Crippen molar-refractivity contribution >= 4 is 52.1 Å². The summed E-state index contributed by atoms with van der Waals surface area (Å²) in [5.41, 5.74) is 1.70. The first kappa shape index (κ1) is 16.0. The van der Waals surface area contributed by atoms with Gasteiger partial charge in [-0.25, -0.2) is 0 Å². The topological polar surface area (TPSA) is 41.1 Å². The number of carbonyl (C=O) groups excluding carboxylic acids is 1. The third kappa shape index (κ3) is 4.27. The van der Waals surface area contributed by atoms with E-state index in [4.69, 9.17) is 34.8 Å². The number of nitrogens with one attached hydrogen (secondary N) is 2. The smallest absolute Gasteiger partial charge is 0.257 e. The molecule has 2 aromatic carbocycles. The molecule has 0 unspecified atom stereocenters. The fourth-order valence-electron chi connectivity index (χ4n) is 1.87. The highest BCUT2D eigenvalue weighted by Gasteiger charge is 2.12. The number of carbonyl (C=O) groups is 1. The van der Waals surface area contributed by atoms with Crippen molar-refractivity contribution in [1.29, 1.82) is 0 Å². The average Bonchev–Trinajstić information content (AvgIpc) is 2.39. The second kappa shape index (κ2) is 7.03. The summed E-state index contributed by atoms with van der Waals surface area (Å²) in [6, 6.07) is 9.97. The SMILES string of the molecule is CCNc1ccc(Cl)cc1C(=O)Nc1cc(Cl)cc(Cl)c1. The van der Waals surface area contributed by atoms with Crippen LogP contribution in [-0.2, 0) is 0 Å². The molecular formula is C15H13Cl3N2O. The summed E-state index contributed by atoms with van der Waals surface area (Å²) in [7, 11) is 0. The number of hydrogen-bond acceptors (Lipinski definition) is 2. The van der Waals surface area contributed by atoms with E-state index in [1.54, 1.807) is 36.4 Å². The Hall–Kier alpha value is -1.42. The van der Waals surface area contributed by atoms with E-state index in [0.717, 1.165) is 0 Å². The van der Waals surface area contributed by atoms with Crippen molar-refractivity contribution in [3.05, 3.63) is 57.0 Å². The molecule has 0 radical (unpaired) electrons. The zero-order valence-corrected chi connectivity index (χ0v) is 13.5. The Labute approximate surface area is 138 Å². The second-order valence-corrected chi connectivity index (χ2v) is 5.64. The molecule has 0 aliphatic heterocycles. The molecule has 1 amide bonds. The number of amides is 1. The van der Waals surface area contributed by atoms with Crippen LogP contribution < -0.4 is 10.6 Å². The molecule has 110 valence electrons. The summed E-state index contributed by atoms with van der Waals surface area (Å²) >= 11 is 17.8. The fourth-order valence-corrected chi connectivity index (χ4v) is 2.57. The van der Waals surface area contributed by atoms with E-state index in [1.807, 2.05) is 6.92 Å². The van der Waals surface area contributed by atoms with Gasteiger partial charge in [-0.15, -0.1) is 0 Å². The van der Waals surface area contributed by atoms with E-state index in [2.05, 4.69) is 10.6 Å². The Morgan fingerprint density at radius 1 is 1.00 bits per heavy atom. The van der Waals surface area contributed by atoms with Gasteiger partial charge in [0.25, 0.3) is 5.91 Å². The van der Waals surface area contributed by atoms with Crippen LogP contribution in [0.25, 0.3) is 0 Å². The molecule has 2 aromatic rings. The van der Waals surface area contributed by atoms with Crippen molar-refractivity contribution in [1.82, 2.24) is 0 Å². The minimum Gasteiger partial charge on any atom is -0.385 e. The molecule has 0 saturated carbocycles. The molecule has 3 nitrogen and oxygen atoms in total. The maximum atomic E-state index is 12.4. The van der Waals surface area contributed by atoms with Crippen LogP contribution in [0, 0.1) is 0 Å². The molecule has 0 aromatic heterocycles. The van der Waals surface area contributed by atoms with E-state index < -0.39 is 0 Å². The molecule has 0 fully saturated rings. The third-order valence-electron chi connectivity index (χ3n) is 2.71. The zero-order chi connectivity index (χ0) is 15.4. The van der Waals surface area contributed by atoms with Gasteiger partial charge < -0.3 is 10.6 Å². The second-order valence-electron chi connectivity index (χ2n) is 4.33. The Kier molecular flexibility index (Phi) is 5.34. The third-order valence-corrected chi connectivity index (χ3v) is 3.39. The molecule has 2 rings (SSSR count). The summed E-state index contributed by atoms with van der Waals surface area (Å²) in [4.78, 5) is 12.4. The van der Waals surface area contributed by atoms with E-state index in [1.165, 1.54) is 0 Å². The van der Waals surface area contributed by atoms with Crippen LogP contribution in [0.4, 0.5) is 11.4 Å². The van der Waals surface area contributed by atoms with Crippen LogP contribution in [0.15, 0.2) is 36.4 Å². The maximum Gasteiger partial charge on any atom is 0.257 e. The van der Waals surface area contributed by atoms with E-state index in [0.29, 0.717) is 38.6 Å². The Morgan fingerprint density at radius 3 is 2.29 bits per heavy atom. The lowest BCUT2D eigenvalue weighted by molar-refractivity contribution is 0.102. The van der Waals surface area contributed by atoms with Gasteiger partial charge in [0.1, 0.15) is 0 Å². The first-order chi connectivity index (χ1) is 9.99. The summed E-state index contributed by atoms with van der Waals surface area (Å²) in [5, 5.41) is 7.28. The minimum absolute atomic E-state index is 0.285. The van der Waals surface area contributed by atoms with Crippen molar-refractivity contribution < 1.29 is 4.79 Å². The highest BCUT2D eigenvalue weighted by Crippen LogP contribution is 2.25. The highest BCUT2D eigenvalue weighted by atomic mass is 35.5. The van der Waals surface area contributed by atoms with Gasteiger partial charge in [0.2, 0.25) is 0 Å². The lowest BCUT2D eigenvalue weighted by atomic mass is 10.1. The zero-order valence-electron chi connectivity index (χ0n) is 11.2. The standard InChI is InChI=1S/C15H13Cl3N2O/c1-2-19-14-4-3-9(16)8-13(14)15(21)20-12-6-10(17)5-11(18)7-12/h3-8,19H,2H2,1H3,(H,20,21). The number of halogens is 3. The lowest BCUT2D eigenvalue weighted by Crippen LogP contribution is -2.15. The van der Waals surface area contributed by atoms with Gasteiger partial charge >= 0.3 is 0 Å². The quantitative estimate of drug-likeness (QED) is 0.787. The minimum atomic E-state index is -0.285. The molecular weight excluding hydrogens is 331 g/mol. The molecule has 0 aliphatic rings. The van der Waals surface area contributed by atoms with Crippen LogP contribution in [0.1, 0.15) is 17.3 Å². The van der Waals surface area contributed by atoms with Crippen molar-refractivity contribution in [2.24, 2.45) is 0 Å². The summed E-state index contributed by atoms with van der Waals surface area (Å²) < 4.78 is 0. The van der Waals surface area contributed by atoms with Crippen molar-refractivity contribution in [3.8, 4) is 0 Å². The fraction of sp³-hybridized carbons (Fsp3) is 0.133. The number of hydrogen-bond donors (Lipinski definition) is 2. The predicted octanol–water partition coefficient (Wildman–Crippen LogP) is 5.33. The van der Waals surface area contributed by atoms with Crippen LogP contribution in [0.3, 0.4) is 0 Å². The molecule has 0 atom stereocenters. The molecule has 0 saturated heterocycles. The van der Waals surface area contributed by atoms with Crippen LogP contribution in [0.2, 0.25) is 15.1 Å². The van der Waals surface area contributed by atoms with Gasteiger partial charge in [-0.1, -0.05) is 34.8 Å². The maximum absolute atomic E-state index is 12.4. The predicted molar refractivity (Wildman–Crippen MR) is 90.0 cm³/mol. The van der Waals surface area contributed by atoms with Gasteiger partial charge in [0, 0.05) is 33.0 Å². The van der Waals surface area contributed by atoms with E-state index >= 15 is 0 Å². The molecule has 0 aliphatic carbocycles. The van der Waals surface area contributed by atoms with Gasteiger partial charge in [0.15, 0.2) is 0 Å². The first-order valence-electron chi connectivity index (χ1n) is 6.30. The monoisotopic (exact) mass is 342 g/mol. The van der Waals surface area contributed by atoms with Crippen molar-refractivity contribution in [2.75, 3.05) is 17.2 Å². The molecule has 21 heavy (non-hydrogen) atoms. The average molecular weight is 344 g/mol. The molecule has 0 heterocycles. The molecule has 0 bridgehead atoms. The van der Waals surface area contributed by atoms with Crippen LogP contribution in [-0.4, -0.2) is 12.5 Å². The van der Waals surface area contributed by atoms with Gasteiger partial charge in [-0.3, -0.25) is 4.79 Å². The number of rotatable bonds is 4. The first-order valence-corrected chi connectivity index (χ1v) is 7.44. The highest BCUT2D eigenvalue weighted by molar-refractivity contribution is 6.35. The van der Waals surface area contributed by atoms with Crippen LogP contribution >= 0.6 is 34.8 Å². The Morgan fingerprint density at radius 2 is 1.67 bits per heavy atom. The molecule has 0 spiro atoms. The molecule has 2 N–H and O–H groups in total. The normalized spacial score (nSPS) is 10.3. The van der Waals surface area contributed by atoms with Gasteiger partial charge in [-0.2, -0.15) is 0 Å². The number of anilines is 2. The van der Waals surface area contributed by atoms with E-state index in [9.17, 15) is 4.79 Å². The van der Waals surface area contributed by atoms with Crippen molar-refractivity contribution in [2.45, 2.75) is 6.92 Å². The lowest BCUT2D eigenvalue weighted by Gasteiger charge is -2.12. The Bertz CT molecular complexity index is 654. The Balaban J connectivity index is 2.29. The van der Waals surface area contributed by atoms with Gasteiger partial charge in [-0.05, 0) is 43.3 Å². The summed E-state index contributed by atoms with van der Waals surface area (Å²) in [6.07, 6.45) is 0. The largest absolute Gasteiger partial charge is 0.385 e. The summed E-state index contributed by atoms with van der Waals surface area (Å²) in [5.74, 6) is -0.285. The van der Waals surface area contributed by atoms with Gasteiger partial charge in [0.05, 0.1) is 5.56 Å². The van der Waals surface area contributed by atoms with Crippen molar-refractivity contribution in [3.63, 3.8) is 0 Å². The van der Waals surface area contributed by atoms with Crippen LogP contribution in [0.5, 0.6) is 0 Å². The molecule has 6 heteroatoms. The number of benzene rings is 2. The summed E-state index contributed by atoms with van der Waals surface area (Å²) in [6.45, 7) is 2.65. The van der Waals surface area contributed by atoms with E-state index in [-0.39, 0.29) is 5.91 Å².